The lowest BCUT2D eigenvalue weighted by atomic mass is 9.95. The second-order valence-electron chi connectivity index (χ2n) is 7.70. The van der Waals surface area contributed by atoms with E-state index in [0.29, 0.717) is 43.1 Å². The number of amides is 1. The van der Waals surface area contributed by atoms with Gasteiger partial charge in [0.2, 0.25) is 0 Å². The normalized spacial score (nSPS) is 17.7. The minimum absolute atomic E-state index is 0.0711. The molecular weight excluding hydrogens is 408 g/mol. The van der Waals surface area contributed by atoms with Crippen molar-refractivity contribution in [2.75, 3.05) is 26.9 Å². The number of unbranched alkanes of at least 4 members (excludes halogenated alkanes) is 2. The van der Waals surface area contributed by atoms with E-state index in [1.807, 2.05) is 24.3 Å². The Balaban J connectivity index is 2.00. The number of aromatic nitrogens is 1. The molecule has 0 bridgehead atoms. The highest BCUT2D eigenvalue weighted by Crippen LogP contribution is 2.40. The topological polar surface area (TPSA) is 89.0 Å². The second kappa shape index (κ2) is 11.4. The third-order valence-corrected chi connectivity index (χ3v) is 5.43. The predicted molar refractivity (Wildman–Crippen MR) is 121 cm³/mol. The van der Waals surface area contributed by atoms with Gasteiger partial charge in [0.25, 0.3) is 11.7 Å². The molecule has 7 nitrogen and oxygen atoms in total. The molecule has 1 aliphatic heterocycles. The number of hydrogen-bond acceptors (Lipinski definition) is 6. The van der Waals surface area contributed by atoms with E-state index in [0.717, 1.165) is 19.3 Å². The Bertz CT molecular complexity index is 958. The molecule has 0 aliphatic carbocycles. The summed E-state index contributed by atoms with van der Waals surface area (Å²) in [7, 11) is 1.59. The van der Waals surface area contributed by atoms with Crippen LogP contribution in [0.25, 0.3) is 5.76 Å². The fourth-order valence-corrected chi connectivity index (χ4v) is 3.82. The molecule has 2 aromatic rings. The number of carbonyl (C=O) groups excluding carboxylic acids is 2. The largest absolute Gasteiger partial charge is 0.507 e. The van der Waals surface area contributed by atoms with Gasteiger partial charge in [0.15, 0.2) is 0 Å². The number of Topliss-reactive ketones (excluding diaryl/α,β-unsaturated/α-hetero) is 1. The summed E-state index contributed by atoms with van der Waals surface area (Å²) >= 11 is 0. The van der Waals surface area contributed by atoms with Crippen molar-refractivity contribution in [2.24, 2.45) is 0 Å². The molecule has 7 heteroatoms. The summed E-state index contributed by atoms with van der Waals surface area (Å²) in [6.07, 6.45) is 6.79. The average molecular weight is 439 g/mol. The zero-order chi connectivity index (χ0) is 22.9. The zero-order valence-electron chi connectivity index (χ0n) is 18.6. The van der Waals surface area contributed by atoms with Gasteiger partial charge in [0.05, 0.1) is 18.2 Å². The van der Waals surface area contributed by atoms with E-state index in [4.69, 9.17) is 9.47 Å². The average Bonchev–Trinajstić information content (AvgIpc) is 3.07. The Hall–Kier alpha value is -3.19. The first-order chi connectivity index (χ1) is 15.6. The third-order valence-electron chi connectivity index (χ3n) is 5.43. The van der Waals surface area contributed by atoms with Gasteiger partial charge in [-0.1, -0.05) is 31.9 Å². The molecule has 0 radical (unpaired) electrons. The summed E-state index contributed by atoms with van der Waals surface area (Å²) < 4.78 is 11.0. The van der Waals surface area contributed by atoms with E-state index < -0.39 is 17.7 Å². The Labute approximate surface area is 188 Å². The minimum atomic E-state index is -0.709. The first kappa shape index (κ1) is 23.5. The van der Waals surface area contributed by atoms with Gasteiger partial charge < -0.3 is 19.5 Å². The number of aliphatic hydroxyl groups is 1. The lowest BCUT2D eigenvalue weighted by Gasteiger charge is -2.25. The van der Waals surface area contributed by atoms with Gasteiger partial charge in [-0.15, -0.1) is 0 Å². The summed E-state index contributed by atoms with van der Waals surface area (Å²) in [4.78, 5) is 31.4. The number of likely N-dealkylation sites (tertiary alicyclic amines) is 1. The molecule has 3 rings (SSSR count). The number of benzene rings is 1. The lowest BCUT2D eigenvalue weighted by molar-refractivity contribution is -0.140. The van der Waals surface area contributed by atoms with Crippen LogP contribution in [0.2, 0.25) is 0 Å². The summed E-state index contributed by atoms with van der Waals surface area (Å²) in [6.45, 7) is 3.52. The fourth-order valence-electron chi connectivity index (χ4n) is 3.82. The van der Waals surface area contributed by atoms with Crippen LogP contribution < -0.4 is 4.74 Å². The Morgan fingerprint density at radius 2 is 1.88 bits per heavy atom. The highest BCUT2D eigenvalue weighted by atomic mass is 16.5. The van der Waals surface area contributed by atoms with E-state index >= 15 is 0 Å². The van der Waals surface area contributed by atoms with Crippen molar-refractivity contribution in [1.29, 1.82) is 0 Å². The number of ether oxygens (including phenoxy) is 2. The summed E-state index contributed by atoms with van der Waals surface area (Å²) in [5.74, 6) is -0.865. The van der Waals surface area contributed by atoms with E-state index in [9.17, 15) is 14.7 Å². The number of carbonyl (C=O) groups is 2. The molecule has 0 spiro atoms. The maximum atomic E-state index is 13.0. The number of pyridine rings is 1. The fraction of sp³-hybridized carbons (Fsp3) is 0.400. The van der Waals surface area contributed by atoms with Crippen LogP contribution in [0.3, 0.4) is 0 Å². The third kappa shape index (κ3) is 5.34. The summed E-state index contributed by atoms with van der Waals surface area (Å²) in [5.41, 5.74) is 1.22. The molecule has 1 saturated heterocycles. The quantitative estimate of drug-likeness (QED) is 0.246. The van der Waals surface area contributed by atoms with Gasteiger partial charge in [-0.05, 0) is 42.7 Å². The van der Waals surface area contributed by atoms with Crippen molar-refractivity contribution in [3.05, 3.63) is 65.5 Å². The van der Waals surface area contributed by atoms with Crippen molar-refractivity contribution < 1.29 is 24.2 Å². The van der Waals surface area contributed by atoms with Crippen LogP contribution in [0.15, 0.2) is 54.4 Å². The summed E-state index contributed by atoms with van der Waals surface area (Å²) in [5, 5.41) is 11.0. The first-order valence-corrected chi connectivity index (χ1v) is 11.0. The van der Waals surface area contributed by atoms with Crippen LogP contribution in [0.5, 0.6) is 5.75 Å². The van der Waals surface area contributed by atoms with Crippen LogP contribution in [-0.2, 0) is 14.3 Å². The monoisotopic (exact) mass is 438 g/mol. The number of methoxy groups -OCH3 is 1. The van der Waals surface area contributed by atoms with Crippen LogP contribution in [0.1, 0.15) is 49.8 Å². The van der Waals surface area contributed by atoms with E-state index in [1.165, 1.54) is 17.3 Å². The molecule has 1 amide bonds. The van der Waals surface area contributed by atoms with E-state index in [2.05, 4.69) is 11.9 Å². The SMILES string of the molecule is CCCCCOc1cccc(C2/C(=C(\O)c3ccncc3)C(=O)C(=O)N2CCCOC)c1. The van der Waals surface area contributed by atoms with Gasteiger partial charge in [0.1, 0.15) is 11.5 Å². The molecule has 0 saturated carbocycles. The molecule has 1 aromatic heterocycles. The van der Waals surface area contributed by atoms with E-state index in [1.54, 1.807) is 19.2 Å². The maximum Gasteiger partial charge on any atom is 0.295 e. The first-order valence-electron chi connectivity index (χ1n) is 11.0. The Kier molecular flexibility index (Phi) is 8.39. The van der Waals surface area contributed by atoms with Crippen molar-refractivity contribution in [2.45, 2.75) is 38.6 Å². The van der Waals surface area contributed by atoms with Gasteiger partial charge in [-0.3, -0.25) is 14.6 Å². The Morgan fingerprint density at radius 3 is 2.59 bits per heavy atom. The van der Waals surface area contributed by atoms with Crippen LogP contribution in [0, 0.1) is 0 Å². The highest BCUT2D eigenvalue weighted by molar-refractivity contribution is 6.46. The number of aliphatic hydroxyl groups excluding tert-OH is 1. The number of hydrogen-bond donors (Lipinski definition) is 1. The van der Waals surface area contributed by atoms with Crippen LogP contribution in [0.4, 0.5) is 0 Å². The standard InChI is InChI=1S/C25H30N2O5/c1-3-4-5-16-32-20-9-6-8-19(17-20)22-21(23(28)18-10-12-26-13-11-18)24(29)25(30)27(22)14-7-15-31-2/h6,8-13,17,22,28H,3-5,7,14-16H2,1-2H3/b23-21+. The molecule has 170 valence electrons. The molecule has 1 N–H and O–H groups in total. The Morgan fingerprint density at radius 1 is 1.09 bits per heavy atom. The number of rotatable bonds is 11. The number of nitrogens with zero attached hydrogens (tertiary/aromatic N) is 2. The molecule has 1 atom stereocenters. The van der Waals surface area contributed by atoms with Crippen LogP contribution >= 0.6 is 0 Å². The molecule has 1 aliphatic rings. The lowest BCUT2D eigenvalue weighted by Crippen LogP contribution is -2.31. The van der Waals surface area contributed by atoms with Crippen molar-refractivity contribution >= 4 is 17.4 Å². The van der Waals surface area contributed by atoms with Gasteiger partial charge in [0, 0.05) is 38.2 Å². The molecular formula is C25H30N2O5. The van der Waals surface area contributed by atoms with Gasteiger partial charge >= 0.3 is 0 Å². The predicted octanol–water partition coefficient (Wildman–Crippen LogP) is 4.11. The zero-order valence-corrected chi connectivity index (χ0v) is 18.6. The maximum absolute atomic E-state index is 13.0. The molecule has 1 unspecified atom stereocenters. The van der Waals surface area contributed by atoms with Crippen molar-refractivity contribution in [1.82, 2.24) is 9.88 Å². The second-order valence-corrected chi connectivity index (χ2v) is 7.70. The highest BCUT2D eigenvalue weighted by Gasteiger charge is 2.45. The van der Waals surface area contributed by atoms with Crippen molar-refractivity contribution in [3.8, 4) is 5.75 Å². The molecule has 1 aromatic carbocycles. The van der Waals surface area contributed by atoms with Gasteiger partial charge in [-0.2, -0.15) is 0 Å². The van der Waals surface area contributed by atoms with E-state index in [-0.39, 0.29) is 11.3 Å². The molecule has 1 fully saturated rings. The van der Waals surface area contributed by atoms with Crippen LogP contribution in [-0.4, -0.2) is 53.5 Å². The summed E-state index contributed by atoms with van der Waals surface area (Å²) in [6, 6.07) is 9.89. The molecule has 2 heterocycles. The molecule has 32 heavy (non-hydrogen) atoms. The van der Waals surface area contributed by atoms with Crippen molar-refractivity contribution in [3.63, 3.8) is 0 Å². The number of ketones is 1. The minimum Gasteiger partial charge on any atom is -0.507 e. The smallest absolute Gasteiger partial charge is 0.295 e. The van der Waals surface area contributed by atoms with Gasteiger partial charge in [-0.25, -0.2) is 0 Å².